The van der Waals surface area contributed by atoms with Gasteiger partial charge in [0, 0.05) is 12.7 Å². The minimum Gasteiger partial charge on any atom is -0.378 e. The summed E-state index contributed by atoms with van der Waals surface area (Å²) in [5.74, 6) is 2.71. The Morgan fingerprint density at radius 1 is 0.852 bits per heavy atom. The summed E-state index contributed by atoms with van der Waals surface area (Å²) in [6.45, 7) is 3.32. The van der Waals surface area contributed by atoms with E-state index in [2.05, 4.69) is 13.0 Å². The highest BCUT2D eigenvalue weighted by Crippen LogP contribution is 2.34. The third-order valence-electron chi connectivity index (χ3n) is 6.70. The Balaban J connectivity index is 1.50. The van der Waals surface area contributed by atoms with Crippen LogP contribution in [0, 0.1) is 29.1 Å². The Morgan fingerprint density at radius 2 is 1.52 bits per heavy atom. The number of hydrogen-bond acceptors (Lipinski definition) is 2. The topological polar surface area (TPSA) is 33.0 Å². The van der Waals surface area contributed by atoms with E-state index in [1.54, 1.807) is 0 Å². The Labute approximate surface area is 168 Å². The van der Waals surface area contributed by atoms with Gasteiger partial charge in [0.05, 0.1) is 12.2 Å². The number of unbranched alkanes of at least 4 members (excludes halogenated alkanes) is 2. The van der Waals surface area contributed by atoms with Crippen molar-refractivity contribution in [1.82, 2.24) is 0 Å². The molecule has 0 radical (unpaired) electrons. The fourth-order valence-electron chi connectivity index (χ4n) is 4.83. The van der Waals surface area contributed by atoms with Gasteiger partial charge in [-0.25, -0.2) is 0 Å². The quantitative estimate of drug-likeness (QED) is 0.216. The van der Waals surface area contributed by atoms with Crippen molar-refractivity contribution in [3.63, 3.8) is 0 Å². The molecule has 0 aromatic carbocycles. The van der Waals surface area contributed by atoms with Gasteiger partial charge in [0.1, 0.15) is 0 Å². The van der Waals surface area contributed by atoms with E-state index in [0.29, 0.717) is 6.10 Å². The number of allylic oxidation sites excluding steroid dienone is 4. The zero-order chi connectivity index (χ0) is 19.2. The van der Waals surface area contributed by atoms with Crippen molar-refractivity contribution < 1.29 is 4.74 Å². The van der Waals surface area contributed by atoms with Crippen molar-refractivity contribution in [2.24, 2.45) is 17.8 Å². The van der Waals surface area contributed by atoms with Gasteiger partial charge >= 0.3 is 0 Å². The lowest BCUT2D eigenvalue weighted by Gasteiger charge is -2.32. The standard InChI is InChI=1S/C25H41NO/c1-2-3-7-10-22-12-14-24(15-13-22)21-27-25-18-16-23(17-19-25)11-8-5-4-6-9-20-26/h4-6,9,22-25H,2-3,7-8,10-19,21H2,1H3/t22-,23-,24-,25-. The highest BCUT2D eigenvalue weighted by atomic mass is 16.5. The van der Waals surface area contributed by atoms with E-state index < -0.39 is 0 Å². The lowest BCUT2D eigenvalue weighted by atomic mass is 9.80. The monoisotopic (exact) mass is 371 g/mol. The van der Waals surface area contributed by atoms with Crippen LogP contribution in [0.4, 0.5) is 0 Å². The Bertz CT molecular complexity index is 459. The molecule has 2 aliphatic rings. The van der Waals surface area contributed by atoms with Crippen molar-refractivity contribution >= 4 is 0 Å². The molecule has 0 N–H and O–H groups in total. The molecule has 152 valence electrons. The summed E-state index contributed by atoms with van der Waals surface area (Å²) < 4.78 is 6.32. The molecule has 0 saturated heterocycles. The first-order chi connectivity index (χ1) is 13.3. The molecule has 2 fully saturated rings. The molecule has 2 heteroatoms. The van der Waals surface area contributed by atoms with Crippen LogP contribution in [0.3, 0.4) is 0 Å². The van der Waals surface area contributed by atoms with Gasteiger partial charge in [-0.15, -0.1) is 0 Å². The average molecular weight is 372 g/mol. The summed E-state index contributed by atoms with van der Waals surface area (Å²) in [6, 6.07) is 2.01. The minimum absolute atomic E-state index is 0.526. The van der Waals surface area contributed by atoms with Gasteiger partial charge in [0.15, 0.2) is 0 Å². The van der Waals surface area contributed by atoms with Gasteiger partial charge in [-0.2, -0.15) is 5.26 Å². The van der Waals surface area contributed by atoms with Gasteiger partial charge in [0.25, 0.3) is 0 Å². The summed E-state index contributed by atoms with van der Waals surface area (Å²) in [6.07, 6.45) is 27.0. The summed E-state index contributed by atoms with van der Waals surface area (Å²) >= 11 is 0. The van der Waals surface area contributed by atoms with E-state index in [4.69, 9.17) is 10.00 Å². The number of rotatable bonds is 11. The second-order valence-electron chi connectivity index (χ2n) is 8.85. The minimum atomic E-state index is 0.526. The van der Waals surface area contributed by atoms with Crippen molar-refractivity contribution in [1.29, 1.82) is 5.26 Å². The van der Waals surface area contributed by atoms with E-state index in [1.807, 2.05) is 18.2 Å². The molecule has 0 amide bonds. The molecule has 0 heterocycles. The maximum absolute atomic E-state index is 8.45. The summed E-state index contributed by atoms with van der Waals surface area (Å²) in [4.78, 5) is 0. The molecule has 2 nitrogen and oxygen atoms in total. The molecule has 0 aromatic rings. The van der Waals surface area contributed by atoms with Crippen molar-refractivity contribution in [2.45, 2.75) is 103 Å². The van der Waals surface area contributed by atoms with Crippen LogP contribution in [0.1, 0.15) is 96.8 Å². The molecule has 0 bridgehead atoms. The molecule has 0 aliphatic heterocycles. The summed E-state index contributed by atoms with van der Waals surface area (Å²) in [5, 5.41) is 8.45. The highest BCUT2D eigenvalue weighted by Gasteiger charge is 2.24. The largest absolute Gasteiger partial charge is 0.378 e. The Kier molecular flexibility index (Phi) is 11.5. The first-order valence-corrected chi connectivity index (χ1v) is 11.6. The van der Waals surface area contributed by atoms with Crippen molar-refractivity contribution in [2.75, 3.05) is 6.61 Å². The Hall–Kier alpha value is -1.07. The van der Waals surface area contributed by atoms with Crippen LogP contribution in [0.15, 0.2) is 24.3 Å². The highest BCUT2D eigenvalue weighted by molar-refractivity contribution is 5.11. The molecular formula is C25H41NO. The summed E-state index contributed by atoms with van der Waals surface area (Å²) in [5.41, 5.74) is 0. The normalized spacial score (nSPS) is 29.3. The van der Waals surface area contributed by atoms with Crippen LogP contribution in [-0.4, -0.2) is 12.7 Å². The van der Waals surface area contributed by atoms with E-state index in [0.717, 1.165) is 30.8 Å². The molecule has 2 saturated carbocycles. The van der Waals surface area contributed by atoms with Crippen molar-refractivity contribution in [3.05, 3.63) is 24.3 Å². The maximum atomic E-state index is 8.45. The van der Waals surface area contributed by atoms with E-state index >= 15 is 0 Å². The summed E-state index contributed by atoms with van der Waals surface area (Å²) in [7, 11) is 0. The Morgan fingerprint density at radius 3 is 2.22 bits per heavy atom. The van der Waals surface area contributed by atoms with Gasteiger partial charge in [0.2, 0.25) is 0 Å². The average Bonchev–Trinajstić information content (AvgIpc) is 2.71. The van der Waals surface area contributed by atoms with E-state index in [-0.39, 0.29) is 0 Å². The van der Waals surface area contributed by atoms with Crippen LogP contribution < -0.4 is 0 Å². The molecule has 0 unspecified atom stereocenters. The third kappa shape index (κ3) is 9.61. The lowest BCUT2D eigenvalue weighted by Crippen LogP contribution is -2.26. The second kappa shape index (κ2) is 14.0. The van der Waals surface area contributed by atoms with Crippen LogP contribution in [0.25, 0.3) is 0 Å². The molecule has 2 aliphatic carbocycles. The fourth-order valence-corrected chi connectivity index (χ4v) is 4.83. The number of ether oxygens (including phenoxy) is 1. The smallest absolute Gasteiger partial charge is 0.0912 e. The molecule has 0 aromatic heterocycles. The molecule has 27 heavy (non-hydrogen) atoms. The SMILES string of the molecule is CCCCC[C@H]1CC[C@H](CO[C@H]2CC[C@H](CCC=CC=CC#N)CC2)CC1. The van der Waals surface area contributed by atoms with E-state index in [1.165, 1.54) is 89.5 Å². The van der Waals surface area contributed by atoms with Crippen molar-refractivity contribution in [3.8, 4) is 6.07 Å². The van der Waals surface area contributed by atoms with Crippen LogP contribution in [0.5, 0.6) is 0 Å². The predicted octanol–water partition coefficient (Wildman–Crippen LogP) is 7.36. The number of nitrogens with zero attached hydrogens (tertiary/aromatic N) is 1. The number of hydrogen-bond donors (Lipinski definition) is 0. The molecule has 2 rings (SSSR count). The maximum Gasteiger partial charge on any atom is 0.0912 e. The van der Waals surface area contributed by atoms with Gasteiger partial charge in [-0.05, 0) is 69.1 Å². The lowest BCUT2D eigenvalue weighted by molar-refractivity contribution is -0.0102. The first-order valence-electron chi connectivity index (χ1n) is 11.6. The predicted molar refractivity (Wildman–Crippen MR) is 114 cm³/mol. The van der Waals surface area contributed by atoms with E-state index in [9.17, 15) is 0 Å². The fraction of sp³-hybridized carbons (Fsp3) is 0.800. The molecular weight excluding hydrogens is 330 g/mol. The van der Waals surface area contributed by atoms with Gasteiger partial charge in [-0.1, -0.05) is 63.7 Å². The zero-order valence-corrected chi connectivity index (χ0v) is 17.6. The molecule has 0 atom stereocenters. The van der Waals surface area contributed by atoms with Gasteiger partial charge in [-0.3, -0.25) is 0 Å². The number of nitriles is 1. The second-order valence-corrected chi connectivity index (χ2v) is 8.85. The van der Waals surface area contributed by atoms with Gasteiger partial charge < -0.3 is 4.74 Å². The zero-order valence-electron chi connectivity index (χ0n) is 17.6. The third-order valence-corrected chi connectivity index (χ3v) is 6.70. The first kappa shape index (κ1) is 22.2. The van der Waals surface area contributed by atoms with Crippen LogP contribution in [-0.2, 0) is 4.74 Å². The van der Waals surface area contributed by atoms with Crippen LogP contribution >= 0.6 is 0 Å². The molecule has 0 spiro atoms. The van der Waals surface area contributed by atoms with Crippen LogP contribution in [0.2, 0.25) is 0 Å².